The van der Waals surface area contributed by atoms with Gasteiger partial charge in [-0.1, -0.05) is 55.8 Å². The molecule has 3 heterocycles. The molecule has 3 aliphatic heterocycles. The van der Waals surface area contributed by atoms with Gasteiger partial charge in [-0.3, -0.25) is 24.6 Å². The van der Waals surface area contributed by atoms with Gasteiger partial charge in [-0.25, -0.2) is 0 Å². The van der Waals surface area contributed by atoms with Crippen LogP contribution in [0, 0.1) is 31.6 Å². The van der Waals surface area contributed by atoms with Gasteiger partial charge < -0.3 is 5.32 Å². The van der Waals surface area contributed by atoms with Crippen LogP contribution in [0.15, 0.2) is 36.4 Å². The summed E-state index contributed by atoms with van der Waals surface area (Å²) >= 11 is 6.32. The van der Waals surface area contributed by atoms with E-state index in [0.717, 1.165) is 22.4 Å². The zero-order chi connectivity index (χ0) is 22.9. The zero-order valence-corrected chi connectivity index (χ0v) is 19.3. The lowest BCUT2D eigenvalue weighted by atomic mass is 9.75. The summed E-state index contributed by atoms with van der Waals surface area (Å²) < 4.78 is 0. The van der Waals surface area contributed by atoms with Gasteiger partial charge in [0.05, 0.1) is 18.4 Å². The highest BCUT2D eigenvalue weighted by Crippen LogP contribution is 2.54. The van der Waals surface area contributed by atoms with Gasteiger partial charge in [0.15, 0.2) is 0 Å². The summed E-state index contributed by atoms with van der Waals surface area (Å²) in [5.74, 6) is -2.18. The van der Waals surface area contributed by atoms with E-state index >= 15 is 0 Å². The Kier molecular flexibility index (Phi) is 4.73. The number of rotatable bonds is 3. The van der Waals surface area contributed by atoms with Crippen LogP contribution in [-0.4, -0.2) is 28.7 Å². The Hall–Kier alpha value is -2.70. The van der Waals surface area contributed by atoms with E-state index in [0.29, 0.717) is 10.6 Å². The van der Waals surface area contributed by atoms with Gasteiger partial charge in [-0.15, -0.1) is 0 Å². The molecule has 2 fully saturated rings. The quantitative estimate of drug-likeness (QED) is 0.700. The second-order valence-corrected chi connectivity index (χ2v) is 9.87. The first-order chi connectivity index (χ1) is 15.2. The summed E-state index contributed by atoms with van der Waals surface area (Å²) in [6.07, 6.45) is 0. The van der Waals surface area contributed by atoms with Crippen molar-refractivity contribution in [2.75, 3.05) is 5.32 Å². The number of halogens is 1. The van der Waals surface area contributed by atoms with Crippen molar-refractivity contribution in [3.63, 3.8) is 0 Å². The van der Waals surface area contributed by atoms with Crippen LogP contribution in [0.5, 0.6) is 0 Å². The second kappa shape index (κ2) is 7.15. The molecule has 0 unspecified atom stereocenters. The van der Waals surface area contributed by atoms with Crippen molar-refractivity contribution in [3.05, 3.63) is 63.7 Å². The largest absolute Gasteiger partial charge is 0.324 e. The molecule has 2 N–H and O–H groups in total. The van der Waals surface area contributed by atoms with Crippen LogP contribution in [-0.2, 0) is 26.5 Å². The lowest BCUT2D eigenvalue weighted by molar-refractivity contribution is -0.143. The van der Waals surface area contributed by atoms with Gasteiger partial charge >= 0.3 is 0 Å². The van der Waals surface area contributed by atoms with E-state index in [2.05, 4.69) is 10.6 Å². The lowest BCUT2D eigenvalue weighted by Crippen LogP contribution is -2.53. The Labute approximate surface area is 192 Å². The van der Waals surface area contributed by atoms with Gasteiger partial charge in [0.25, 0.3) is 0 Å². The maximum atomic E-state index is 13.8. The van der Waals surface area contributed by atoms with Crippen molar-refractivity contribution in [3.8, 4) is 0 Å². The van der Waals surface area contributed by atoms with E-state index in [-0.39, 0.29) is 36.2 Å². The van der Waals surface area contributed by atoms with E-state index < -0.39 is 17.4 Å². The third-order valence-electron chi connectivity index (χ3n) is 7.45. The number of amides is 3. The SMILES string of the molecule is Cc1ccc2c(c1C)NC(=O)[C@]21N[C@H](C(C)C)[C@H]2C(=O)N(Cc3ccccc3Cl)C(=O)[C@H]21. The van der Waals surface area contributed by atoms with E-state index in [4.69, 9.17) is 11.6 Å². The Balaban J connectivity index is 1.64. The standard InChI is InChI=1S/C25H26ClN3O3/c1-12(2)20-18-19(23(31)29(22(18)30)11-15-7-5-6-8-17(15)26)25(28-20)16-10-9-13(3)14(4)21(16)27-24(25)32/h5-10,12,18-20,28H,11H2,1-4H3,(H,27,32)/t18-,19-,20+,25-/m0/s1. The minimum Gasteiger partial charge on any atom is -0.324 e. The first-order valence-corrected chi connectivity index (χ1v) is 11.3. The zero-order valence-electron chi connectivity index (χ0n) is 18.5. The van der Waals surface area contributed by atoms with Gasteiger partial charge in [0.1, 0.15) is 5.54 Å². The minimum atomic E-state index is -1.25. The third kappa shape index (κ3) is 2.66. The Morgan fingerprint density at radius 1 is 1.06 bits per heavy atom. The number of nitrogens with one attached hydrogen (secondary N) is 2. The van der Waals surface area contributed by atoms with Crippen LogP contribution in [0.2, 0.25) is 5.02 Å². The summed E-state index contributed by atoms with van der Waals surface area (Å²) in [5, 5.41) is 6.99. The number of nitrogens with zero attached hydrogens (tertiary/aromatic N) is 1. The molecule has 0 aromatic heterocycles. The highest BCUT2D eigenvalue weighted by atomic mass is 35.5. The van der Waals surface area contributed by atoms with Crippen molar-refractivity contribution >= 4 is 35.0 Å². The number of benzene rings is 2. The molecule has 0 saturated carbocycles. The third-order valence-corrected chi connectivity index (χ3v) is 7.82. The lowest BCUT2D eigenvalue weighted by Gasteiger charge is -2.30. The molecular formula is C25H26ClN3O3. The molecule has 2 saturated heterocycles. The van der Waals surface area contributed by atoms with Crippen molar-refractivity contribution < 1.29 is 14.4 Å². The van der Waals surface area contributed by atoms with Crippen LogP contribution in [0.25, 0.3) is 0 Å². The molecule has 4 atom stereocenters. The van der Waals surface area contributed by atoms with Gasteiger partial charge in [-0.05, 0) is 42.5 Å². The fourth-order valence-corrected chi connectivity index (χ4v) is 5.83. The first-order valence-electron chi connectivity index (χ1n) is 11.0. The summed E-state index contributed by atoms with van der Waals surface area (Å²) in [7, 11) is 0. The number of aryl methyl sites for hydroxylation is 1. The molecule has 3 amide bonds. The Morgan fingerprint density at radius 2 is 1.78 bits per heavy atom. The molecule has 0 bridgehead atoms. The molecule has 166 valence electrons. The highest BCUT2D eigenvalue weighted by molar-refractivity contribution is 6.31. The van der Waals surface area contributed by atoms with Gasteiger partial charge in [-0.2, -0.15) is 0 Å². The summed E-state index contributed by atoms with van der Waals surface area (Å²) in [6.45, 7) is 8.08. The number of imide groups is 1. The minimum absolute atomic E-state index is 0.0577. The number of fused-ring (bicyclic) bond motifs is 4. The number of carbonyl (C=O) groups excluding carboxylic acids is 3. The van der Waals surface area contributed by atoms with E-state index in [1.54, 1.807) is 6.07 Å². The summed E-state index contributed by atoms with van der Waals surface area (Å²) in [5.41, 5.74) is 2.99. The topological polar surface area (TPSA) is 78.5 Å². The Bertz CT molecular complexity index is 1180. The van der Waals surface area contributed by atoms with E-state index in [1.165, 1.54) is 4.90 Å². The molecule has 5 rings (SSSR count). The molecule has 1 spiro atoms. The maximum absolute atomic E-state index is 13.8. The second-order valence-electron chi connectivity index (χ2n) is 9.46. The van der Waals surface area contributed by atoms with Gasteiger partial charge in [0, 0.05) is 22.3 Å². The fourth-order valence-electron chi connectivity index (χ4n) is 5.64. The monoisotopic (exact) mass is 451 g/mol. The number of hydrogen-bond acceptors (Lipinski definition) is 4. The molecule has 7 heteroatoms. The van der Waals surface area contributed by atoms with Crippen molar-refractivity contribution in [1.82, 2.24) is 10.2 Å². The molecule has 3 aliphatic rings. The van der Waals surface area contributed by atoms with Crippen LogP contribution in [0.3, 0.4) is 0 Å². The molecule has 2 aromatic carbocycles. The average molecular weight is 452 g/mol. The fraction of sp³-hybridized carbons (Fsp3) is 0.400. The number of carbonyl (C=O) groups is 3. The predicted octanol–water partition coefficient (Wildman–Crippen LogP) is 3.53. The average Bonchev–Trinajstić information content (AvgIpc) is 3.34. The molecule has 0 radical (unpaired) electrons. The normalized spacial score (nSPS) is 28.6. The van der Waals surface area contributed by atoms with E-state index in [1.807, 2.05) is 58.0 Å². The summed E-state index contributed by atoms with van der Waals surface area (Å²) in [6, 6.07) is 10.8. The molecule has 32 heavy (non-hydrogen) atoms. The van der Waals surface area contributed by atoms with Crippen molar-refractivity contribution in [2.24, 2.45) is 17.8 Å². The predicted molar refractivity (Wildman–Crippen MR) is 122 cm³/mol. The molecule has 2 aromatic rings. The summed E-state index contributed by atoms with van der Waals surface area (Å²) in [4.78, 5) is 42.2. The maximum Gasteiger partial charge on any atom is 0.250 e. The first kappa shape index (κ1) is 21.2. The molecular weight excluding hydrogens is 426 g/mol. The van der Waals surface area contributed by atoms with Gasteiger partial charge in [0.2, 0.25) is 17.7 Å². The Morgan fingerprint density at radius 3 is 2.47 bits per heavy atom. The van der Waals surface area contributed by atoms with Crippen LogP contribution in [0.1, 0.15) is 36.1 Å². The molecule has 6 nitrogen and oxygen atoms in total. The van der Waals surface area contributed by atoms with Crippen LogP contribution in [0.4, 0.5) is 5.69 Å². The van der Waals surface area contributed by atoms with Crippen molar-refractivity contribution in [1.29, 1.82) is 0 Å². The van der Waals surface area contributed by atoms with Crippen LogP contribution >= 0.6 is 11.6 Å². The van der Waals surface area contributed by atoms with E-state index in [9.17, 15) is 14.4 Å². The molecule has 0 aliphatic carbocycles. The smallest absolute Gasteiger partial charge is 0.250 e. The van der Waals surface area contributed by atoms with Crippen LogP contribution < -0.4 is 10.6 Å². The number of hydrogen-bond donors (Lipinski definition) is 2. The highest BCUT2D eigenvalue weighted by Gasteiger charge is 2.70. The number of anilines is 1. The van der Waals surface area contributed by atoms with Crippen molar-refractivity contribution in [2.45, 2.75) is 45.8 Å². The number of likely N-dealkylation sites (tertiary alicyclic amines) is 1.